The maximum atomic E-state index is 12.3. The predicted octanol–water partition coefficient (Wildman–Crippen LogP) is 2.66. The first-order chi connectivity index (χ1) is 11.3. The molecule has 0 amide bonds. The summed E-state index contributed by atoms with van der Waals surface area (Å²) >= 11 is 0. The van der Waals surface area contributed by atoms with E-state index in [1.807, 2.05) is 24.3 Å². The van der Waals surface area contributed by atoms with Gasteiger partial charge in [-0.1, -0.05) is 19.1 Å². The van der Waals surface area contributed by atoms with Crippen LogP contribution >= 0.6 is 0 Å². The van der Waals surface area contributed by atoms with Crippen molar-refractivity contribution in [1.82, 2.24) is 9.62 Å². The SMILES string of the molecule is CC(C)S(=O)(=O)N1CC[C@H](N[C@@H](C)c2ccc(C#N)cc2)[C@H](C)C1. The molecule has 0 bridgehead atoms. The van der Waals surface area contributed by atoms with Crippen LogP contribution < -0.4 is 5.32 Å². The summed E-state index contributed by atoms with van der Waals surface area (Å²) in [6.45, 7) is 8.81. The third-order valence-electron chi connectivity index (χ3n) is 4.83. The standard InChI is InChI=1S/C18H27N3O2S/c1-13(2)24(22,23)21-10-9-18(14(3)12-21)20-15(4)17-7-5-16(11-19)6-8-17/h5-8,13-15,18,20H,9-10,12H2,1-4H3/t14-,15+,18+/m1/s1. The third-order valence-corrected chi connectivity index (χ3v) is 7.07. The molecule has 24 heavy (non-hydrogen) atoms. The first kappa shape index (κ1) is 18.9. The lowest BCUT2D eigenvalue weighted by atomic mass is 9.93. The topological polar surface area (TPSA) is 73.2 Å². The van der Waals surface area contributed by atoms with Crippen molar-refractivity contribution < 1.29 is 8.42 Å². The molecule has 0 radical (unpaired) electrons. The molecule has 0 aromatic heterocycles. The fraction of sp³-hybridized carbons (Fsp3) is 0.611. The molecular formula is C18H27N3O2S. The number of nitrogens with one attached hydrogen (secondary N) is 1. The van der Waals surface area contributed by atoms with Crippen molar-refractivity contribution in [1.29, 1.82) is 5.26 Å². The number of piperidine rings is 1. The summed E-state index contributed by atoms with van der Waals surface area (Å²) in [6.07, 6.45) is 0.813. The predicted molar refractivity (Wildman–Crippen MR) is 95.9 cm³/mol. The van der Waals surface area contributed by atoms with Crippen LogP contribution in [0.25, 0.3) is 0 Å². The average molecular weight is 350 g/mol. The Bertz CT molecular complexity index is 692. The average Bonchev–Trinajstić information content (AvgIpc) is 2.56. The molecule has 0 spiro atoms. The van der Waals surface area contributed by atoms with Crippen molar-refractivity contribution in [2.45, 2.75) is 51.4 Å². The summed E-state index contributed by atoms with van der Waals surface area (Å²) < 4.78 is 26.3. The summed E-state index contributed by atoms with van der Waals surface area (Å²) in [5.74, 6) is 0.258. The Morgan fingerprint density at radius 2 is 1.88 bits per heavy atom. The lowest BCUT2D eigenvalue weighted by Crippen LogP contribution is -2.51. The zero-order valence-corrected chi connectivity index (χ0v) is 15.7. The normalized spacial score (nSPS) is 23.8. The van der Waals surface area contributed by atoms with Crippen LogP contribution in [0.3, 0.4) is 0 Å². The Hall–Kier alpha value is -1.42. The molecule has 1 aliphatic rings. The molecule has 1 heterocycles. The second-order valence-electron chi connectivity index (χ2n) is 6.95. The van der Waals surface area contributed by atoms with Gasteiger partial charge in [-0.3, -0.25) is 0 Å². The van der Waals surface area contributed by atoms with Crippen LogP contribution in [0.15, 0.2) is 24.3 Å². The molecule has 1 aromatic rings. The van der Waals surface area contributed by atoms with Crippen LogP contribution in [-0.2, 0) is 10.0 Å². The highest BCUT2D eigenvalue weighted by atomic mass is 32.2. The van der Waals surface area contributed by atoms with Crippen LogP contribution in [0.1, 0.15) is 51.3 Å². The maximum absolute atomic E-state index is 12.3. The van der Waals surface area contributed by atoms with E-state index in [0.717, 1.165) is 12.0 Å². The van der Waals surface area contributed by atoms with Gasteiger partial charge in [0.2, 0.25) is 10.0 Å². The Balaban J connectivity index is 1.98. The Labute approximate surface area is 145 Å². The van der Waals surface area contributed by atoms with Crippen LogP contribution in [0.2, 0.25) is 0 Å². The number of nitriles is 1. The van der Waals surface area contributed by atoms with Crippen molar-refractivity contribution >= 4 is 10.0 Å². The van der Waals surface area contributed by atoms with Crippen LogP contribution in [-0.4, -0.2) is 37.1 Å². The highest BCUT2D eigenvalue weighted by molar-refractivity contribution is 7.89. The highest BCUT2D eigenvalue weighted by Crippen LogP contribution is 2.24. The number of benzene rings is 1. The van der Waals surface area contributed by atoms with Crippen LogP contribution in [0.5, 0.6) is 0 Å². The van der Waals surface area contributed by atoms with E-state index in [4.69, 9.17) is 5.26 Å². The number of hydrogen-bond acceptors (Lipinski definition) is 4. The lowest BCUT2D eigenvalue weighted by Gasteiger charge is -2.38. The summed E-state index contributed by atoms with van der Waals surface area (Å²) in [6, 6.07) is 10.2. The van der Waals surface area contributed by atoms with Gasteiger partial charge in [-0.05, 0) is 50.8 Å². The van der Waals surface area contributed by atoms with Gasteiger partial charge in [0.1, 0.15) is 0 Å². The molecule has 0 saturated carbocycles. The minimum absolute atomic E-state index is 0.165. The first-order valence-corrected chi connectivity index (χ1v) is 10.0. The van der Waals surface area contributed by atoms with Gasteiger partial charge >= 0.3 is 0 Å². The zero-order chi connectivity index (χ0) is 17.9. The van der Waals surface area contributed by atoms with Crippen molar-refractivity contribution in [3.8, 4) is 6.07 Å². The number of nitrogens with zero attached hydrogens (tertiary/aromatic N) is 2. The third kappa shape index (κ3) is 4.15. The highest BCUT2D eigenvalue weighted by Gasteiger charge is 2.34. The van der Waals surface area contributed by atoms with Crippen LogP contribution in [0, 0.1) is 17.2 Å². The minimum atomic E-state index is -3.17. The summed E-state index contributed by atoms with van der Waals surface area (Å²) in [5.41, 5.74) is 1.80. The van der Waals surface area contributed by atoms with Crippen molar-refractivity contribution in [2.24, 2.45) is 5.92 Å². The molecule has 1 N–H and O–H groups in total. The van der Waals surface area contributed by atoms with Crippen LogP contribution in [0.4, 0.5) is 0 Å². The van der Waals surface area contributed by atoms with Gasteiger partial charge < -0.3 is 5.32 Å². The summed E-state index contributed by atoms with van der Waals surface area (Å²) in [4.78, 5) is 0. The minimum Gasteiger partial charge on any atom is -0.307 e. The van der Waals surface area contributed by atoms with E-state index in [1.54, 1.807) is 18.2 Å². The number of hydrogen-bond donors (Lipinski definition) is 1. The second kappa shape index (κ2) is 7.64. The fourth-order valence-corrected chi connectivity index (χ4v) is 4.55. The van der Waals surface area contributed by atoms with Crippen molar-refractivity contribution in [2.75, 3.05) is 13.1 Å². The summed E-state index contributed by atoms with van der Waals surface area (Å²) in [7, 11) is -3.17. The van der Waals surface area contributed by atoms with E-state index in [1.165, 1.54) is 0 Å². The monoisotopic (exact) mass is 349 g/mol. The van der Waals surface area contributed by atoms with E-state index in [0.29, 0.717) is 18.7 Å². The number of rotatable bonds is 5. The van der Waals surface area contributed by atoms with E-state index in [2.05, 4.69) is 25.2 Å². The van der Waals surface area contributed by atoms with Gasteiger partial charge in [-0.25, -0.2) is 12.7 Å². The van der Waals surface area contributed by atoms with Gasteiger partial charge in [0.05, 0.1) is 16.9 Å². The van der Waals surface area contributed by atoms with Crippen molar-refractivity contribution in [3.05, 3.63) is 35.4 Å². The smallest absolute Gasteiger partial charge is 0.216 e. The Kier molecular flexibility index (Phi) is 6.02. The largest absolute Gasteiger partial charge is 0.307 e. The molecular weight excluding hydrogens is 322 g/mol. The maximum Gasteiger partial charge on any atom is 0.216 e. The second-order valence-corrected chi connectivity index (χ2v) is 9.44. The zero-order valence-electron chi connectivity index (χ0n) is 14.9. The molecule has 1 saturated heterocycles. The molecule has 1 aromatic carbocycles. The molecule has 6 heteroatoms. The van der Waals surface area contributed by atoms with E-state index >= 15 is 0 Å². The Morgan fingerprint density at radius 3 is 2.38 bits per heavy atom. The molecule has 1 fully saturated rings. The van der Waals surface area contributed by atoms with E-state index in [9.17, 15) is 8.42 Å². The summed E-state index contributed by atoms with van der Waals surface area (Å²) in [5, 5.41) is 12.1. The molecule has 5 nitrogen and oxygen atoms in total. The van der Waals surface area contributed by atoms with E-state index in [-0.39, 0.29) is 23.3 Å². The first-order valence-electron chi connectivity index (χ1n) is 8.50. The van der Waals surface area contributed by atoms with E-state index < -0.39 is 10.0 Å². The Morgan fingerprint density at radius 1 is 1.25 bits per heavy atom. The lowest BCUT2D eigenvalue weighted by molar-refractivity contribution is 0.209. The van der Waals surface area contributed by atoms with Crippen molar-refractivity contribution in [3.63, 3.8) is 0 Å². The molecule has 2 rings (SSSR count). The number of sulfonamides is 1. The van der Waals surface area contributed by atoms with Gasteiger partial charge in [0, 0.05) is 25.2 Å². The van der Waals surface area contributed by atoms with Gasteiger partial charge in [-0.15, -0.1) is 0 Å². The molecule has 3 atom stereocenters. The fourth-order valence-electron chi connectivity index (χ4n) is 3.15. The molecule has 1 aliphatic heterocycles. The molecule has 0 unspecified atom stereocenters. The van der Waals surface area contributed by atoms with Gasteiger partial charge in [0.15, 0.2) is 0 Å². The molecule has 0 aliphatic carbocycles. The quantitative estimate of drug-likeness (QED) is 0.887. The van der Waals surface area contributed by atoms with Gasteiger partial charge in [-0.2, -0.15) is 5.26 Å². The molecule has 132 valence electrons. The van der Waals surface area contributed by atoms with Gasteiger partial charge in [0.25, 0.3) is 0 Å².